The van der Waals surface area contributed by atoms with E-state index in [1.165, 1.54) is 13.0 Å². The van der Waals surface area contributed by atoms with Gasteiger partial charge in [0.1, 0.15) is 5.82 Å². The number of halogens is 1. The molecule has 1 aromatic heterocycles. The molecule has 0 saturated carbocycles. The van der Waals surface area contributed by atoms with Gasteiger partial charge in [-0.25, -0.2) is 9.37 Å². The molecule has 2 heterocycles. The zero-order chi connectivity index (χ0) is 18.1. The third kappa shape index (κ3) is 3.20. The molecule has 0 atom stereocenters. The van der Waals surface area contributed by atoms with Gasteiger partial charge in [-0.05, 0) is 37.3 Å². The molecule has 2 aromatic carbocycles. The minimum absolute atomic E-state index is 0.118. The number of nitrogens with zero attached hydrogens (tertiary/aromatic N) is 4. The van der Waals surface area contributed by atoms with Crippen LogP contribution in [0.3, 0.4) is 0 Å². The van der Waals surface area contributed by atoms with E-state index in [1.807, 2.05) is 29.4 Å². The number of ketones is 1. The Morgan fingerprint density at radius 3 is 2.62 bits per heavy atom. The Kier molecular flexibility index (Phi) is 4.42. The first-order valence-electron chi connectivity index (χ1n) is 8.79. The molecule has 0 N–H and O–H groups in total. The van der Waals surface area contributed by atoms with Crippen molar-refractivity contribution in [3.05, 3.63) is 60.2 Å². The zero-order valence-corrected chi connectivity index (χ0v) is 14.7. The van der Waals surface area contributed by atoms with Gasteiger partial charge in [0.05, 0.1) is 29.7 Å². The number of aromatic nitrogens is 2. The number of imidazole rings is 1. The van der Waals surface area contributed by atoms with Gasteiger partial charge in [-0.3, -0.25) is 9.69 Å². The predicted molar refractivity (Wildman–Crippen MR) is 99.9 cm³/mol. The number of carbonyl (C=O) groups is 1. The summed E-state index contributed by atoms with van der Waals surface area (Å²) >= 11 is 0. The maximum atomic E-state index is 14.4. The fraction of sp³-hybridized carbons (Fsp3) is 0.300. The highest BCUT2D eigenvalue weighted by Crippen LogP contribution is 2.23. The third-order valence-electron chi connectivity index (χ3n) is 4.95. The van der Waals surface area contributed by atoms with Crippen LogP contribution in [0.5, 0.6) is 0 Å². The van der Waals surface area contributed by atoms with Gasteiger partial charge in [0.15, 0.2) is 5.78 Å². The maximum absolute atomic E-state index is 14.4. The molecule has 0 spiro atoms. The number of hydrogen-bond acceptors (Lipinski definition) is 4. The number of fused-ring (bicyclic) bond motifs is 1. The molecule has 0 aliphatic carbocycles. The standard InChI is InChI=1S/C20H21FN4O/c1-15(26)16-6-7-19(17(21)12-16)24-10-8-23(9-11-24)14-25-13-22-18-4-2-3-5-20(18)25/h2-7,12-13H,8-11,14H2,1H3. The Morgan fingerprint density at radius 1 is 1.12 bits per heavy atom. The highest BCUT2D eigenvalue weighted by Gasteiger charge is 2.20. The van der Waals surface area contributed by atoms with Crippen LogP contribution < -0.4 is 4.90 Å². The van der Waals surface area contributed by atoms with Gasteiger partial charge in [0, 0.05) is 31.7 Å². The normalized spacial score (nSPS) is 15.5. The summed E-state index contributed by atoms with van der Waals surface area (Å²) in [5.41, 5.74) is 3.11. The fourth-order valence-corrected chi connectivity index (χ4v) is 3.45. The van der Waals surface area contributed by atoms with Crippen molar-refractivity contribution >= 4 is 22.5 Å². The molecule has 6 heteroatoms. The van der Waals surface area contributed by atoms with E-state index in [4.69, 9.17) is 0 Å². The van der Waals surface area contributed by atoms with Crippen molar-refractivity contribution in [1.29, 1.82) is 0 Å². The summed E-state index contributed by atoms with van der Waals surface area (Å²) in [6.07, 6.45) is 1.87. The van der Waals surface area contributed by atoms with Gasteiger partial charge in [-0.1, -0.05) is 12.1 Å². The lowest BCUT2D eigenvalue weighted by Gasteiger charge is -2.36. The largest absolute Gasteiger partial charge is 0.367 e. The molecule has 1 aliphatic heterocycles. The van der Waals surface area contributed by atoms with E-state index in [1.54, 1.807) is 12.1 Å². The van der Waals surface area contributed by atoms with E-state index in [0.717, 1.165) is 43.9 Å². The molecule has 0 bridgehead atoms. The van der Waals surface area contributed by atoms with E-state index in [0.29, 0.717) is 11.3 Å². The van der Waals surface area contributed by atoms with Crippen LogP contribution >= 0.6 is 0 Å². The SMILES string of the molecule is CC(=O)c1ccc(N2CCN(Cn3cnc4ccccc43)CC2)c(F)c1. The summed E-state index contributed by atoms with van der Waals surface area (Å²) in [6, 6.07) is 12.8. The van der Waals surface area contributed by atoms with E-state index in [-0.39, 0.29) is 11.6 Å². The Labute approximate surface area is 151 Å². The van der Waals surface area contributed by atoms with E-state index < -0.39 is 0 Å². The van der Waals surface area contributed by atoms with Crippen molar-refractivity contribution < 1.29 is 9.18 Å². The Balaban J connectivity index is 1.42. The Hall–Kier alpha value is -2.73. The first kappa shape index (κ1) is 16.7. The Morgan fingerprint density at radius 2 is 1.88 bits per heavy atom. The average Bonchev–Trinajstić information content (AvgIpc) is 3.05. The molecule has 26 heavy (non-hydrogen) atoms. The van der Waals surface area contributed by atoms with Crippen LogP contribution in [0.25, 0.3) is 11.0 Å². The van der Waals surface area contributed by atoms with Crippen LogP contribution in [0.4, 0.5) is 10.1 Å². The van der Waals surface area contributed by atoms with Gasteiger partial charge in [-0.15, -0.1) is 0 Å². The van der Waals surface area contributed by atoms with Gasteiger partial charge >= 0.3 is 0 Å². The van der Waals surface area contributed by atoms with Crippen molar-refractivity contribution in [2.24, 2.45) is 0 Å². The number of anilines is 1. The molecule has 1 fully saturated rings. The third-order valence-corrected chi connectivity index (χ3v) is 4.95. The van der Waals surface area contributed by atoms with Gasteiger partial charge < -0.3 is 9.47 Å². The number of benzene rings is 2. The molecule has 134 valence electrons. The Bertz CT molecular complexity index is 944. The molecule has 0 unspecified atom stereocenters. The van der Waals surface area contributed by atoms with Crippen LogP contribution in [0.1, 0.15) is 17.3 Å². The molecule has 5 nitrogen and oxygen atoms in total. The second kappa shape index (κ2) is 6.88. The monoisotopic (exact) mass is 352 g/mol. The van der Waals surface area contributed by atoms with Crippen LogP contribution in [0, 0.1) is 5.82 Å². The highest BCUT2D eigenvalue weighted by atomic mass is 19.1. The number of para-hydroxylation sites is 2. The molecule has 1 saturated heterocycles. The van der Waals surface area contributed by atoms with Gasteiger partial charge in [0.25, 0.3) is 0 Å². The summed E-state index contributed by atoms with van der Waals surface area (Å²) in [4.78, 5) is 20.2. The number of Topliss-reactive ketones (excluding diaryl/α,β-unsaturated/α-hetero) is 1. The average molecular weight is 352 g/mol. The quantitative estimate of drug-likeness (QED) is 0.677. The predicted octanol–water partition coefficient (Wildman–Crippen LogP) is 3.16. The van der Waals surface area contributed by atoms with E-state index in [2.05, 4.69) is 20.5 Å². The molecule has 3 aromatic rings. The number of piperazine rings is 1. The first-order chi connectivity index (χ1) is 12.6. The first-order valence-corrected chi connectivity index (χ1v) is 8.79. The van der Waals surface area contributed by atoms with Crippen molar-refractivity contribution in [2.45, 2.75) is 13.6 Å². The molecule has 0 amide bonds. The minimum Gasteiger partial charge on any atom is -0.367 e. The minimum atomic E-state index is -0.327. The smallest absolute Gasteiger partial charge is 0.159 e. The van der Waals surface area contributed by atoms with Gasteiger partial charge in [0.2, 0.25) is 0 Å². The molecule has 1 aliphatic rings. The summed E-state index contributed by atoms with van der Waals surface area (Å²) < 4.78 is 16.5. The van der Waals surface area contributed by atoms with E-state index >= 15 is 0 Å². The second-order valence-corrected chi connectivity index (χ2v) is 6.67. The molecular weight excluding hydrogens is 331 g/mol. The summed E-state index contributed by atoms with van der Waals surface area (Å²) in [7, 11) is 0. The summed E-state index contributed by atoms with van der Waals surface area (Å²) in [5, 5.41) is 0. The second-order valence-electron chi connectivity index (χ2n) is 6.67. The van der Waals surface area contributed by atoms with Crippen LogP contribution in [-0.2, 0) is 6.67 Å². The van der Waals surface area contributed by atoms with Crippen LogP contribution in [0.2, 0.25) is 0 Å². The summed E-state index contributed by atoms with van der Waals surface area (Å²) in [5.74, 6) is -0.445. The van der Waals surface area contributed by atoms with Crippen molar-refractivity contribution in [1.82, 2.24) is 14.5 Å². The topological polar surface area (TPSA) is 41.4 Å². The lowest BCUT2D eigenvalue weighted by atomic mass is 10.1. The molecule has 0 radical (unpaired) electrons. The molecular formula is C20H21FN4O. The number of hydrogen-bond donors (Lipinski definition) is 0. The van der Waals surface area contributed by atoms with E-state index in [9.17, 15) is 9.18 Å². The number of carbonyl (C=O) groups excluding carboxylic acids is 1. The fourth-order valence-electron chi connectivity index (χ4n) is 3.45. The van der Waals surface area contributed by atoms with Crippen LogP contribution in [-0.4, -0.2) is 46.4 Å². The van der Waals surface area contributed by atoms with Crippen molar-refractivity contribution in [3.63, 3.8) is 0 Å². The van der Waals surface area contributed by atoms with Gasteiger partial charge in [-0.2, -0.15) is 0 Å². The lowest BCUT2D eigenvalue weighted by Crippen LogP contribution is -2.47. The number of rotatable bonds is 4. The van der Waals surface area contributed by atoms with Crippen molar-refractivity contribution in [2.75, 3.05) is 31.1 Å². The van der Waals surface area contributed by atoms with Crippen molar-refractivity contribution in [3.8, 4) is 0 Å². The maximum Gasteiger partial charge on any atom is 0.159 e. The summed E-state index contributed by atoms with van der Waals surface area (Å²) in [6.45, 7) is 5.43. The zero-order valence-electron chi connectivity index (χ0n) is 14.7. The highest BCUT2D eigenvalue weighted by molar-refractivity contribution is 5.94. The van der Waals surface area contributed by atoms with Crippen LogP contribution in [0.15, 0.2) is 48.8 Å². The lowest BCUT2D eigenvalue weighted by molar-refractivity contribution is 0.101. The molecule has 4 rings (SSSR count).